The summed E-state index contributed by atoms with van der Waals surface area (Å²) < 4.78 is 46.1. The molecule has 11 nitrogen and oxygen atoms in total. The number of nitrogens with one attached hydrogen (secondary N) is 1. The van der Waals surface area contributed by atoms with E-state index in [0.29, 0.717) is 17.3 Å². The zero-order valence-corrected chi connectivity index (χ0v) is 17.9. The standard InChI is InChI=1S/C20H16F3N7O4/c1-9(11-4-12(20(21,22)23)6-13(5-11)30(32)33)26-16-14-7-15(19(31)34-3)17-24-8-25-29(17)18(14)28-10(2)27-16/h4-9H,1-3H3,(H,26,27,28)/t9-/m1/s1. The molecule has 0 saturated carbocycles. The highest BCUT2D eigenvalue weighted by molar-refractivity contribution is 6.02. The predicted molar refractivity (Wildman–Crippen MR) is 112 cm³/mol. The number of aryl methyl sites for hydroxylation is 1. The molecule has 3 heterocycles. The van der Waals surface area contributed by atoms with Crippen molar-refractivity contribution >= 4 is 34.2 Å². The van der Waals surface area contributed by atoms with Gasteiger partial charge in [-0.15, -0.1) is 0 Å². The van der Waals surface area contributed by atoms with Crippen LogP contribution >= 0.6 is 0 Å². The second kappa shape index (κ2) is 8.20. The molecule has 0 aliphatic rings. The van der Waals surface area contributed by atoms with E-state index in [4.69, 9.17) is 4.74 Å². The van der Waals surface area contributed by atoms with Gasteiger partial charge < -0.3 is 10.1 Å². The quantitative estimate of drug-likeness (QED) is 0.259. The molecule has 1 aromatic carbocycles. The second-order valence-corrected chi connectivity index (χ2v) is 7.34. The molecule has 0 bridgehead atoms. The highest BCUT2D eigenvalue weighted by Gasteiger charge is 2.33. The zero-order valence-electron chi connectivity index (χ0n) is 17.9. The maximum absolute atomic E-state index is 13.3. The summed E-state index contributed by atoms with van der Waals surface area (Å²) in [4.78, 5) is 35.3. The Kier molecular flexibility index (Phi) is 5.51. The monoisotopic (exact) mass is 475 g/mol. The minimum Gasteiger partial charge on any atom is -0.465 e. The Morgan fingerprint density at radius 2 is 1.94 bits per heavy atom. The van der Waals surface area contributed by atoms with E-state index in [2.05, 4.69) is 25.4 Å². The molecule has 0 saturated heterocycles. The number of anilines is 1. The van der Waals surface area contributed by atoms with Crippen molar-refractivity contribution in [2.24, 2.45) is 0 Å². The van der Waals surface area contributed by atoms with Crippen LogP contribution in [0.15, 0.2) is 30.6 Å². The summed E-state index contributed by atoms with van der Waals surface area (Å²) in [5, 5.41) is 18.6. The number of hydrogen-bond acceptors (Lipinski definition) is 9. The number of aromatic nitrogens is 5. The Bertz CT molecular complexity index is 1450. The van der Waals surface area contributed by atoms with E-state index < -0.39 is 34.4 Å². The number of alkyl halides is 3. The van der Waals surface area contributed by atoms with E-state index in [1.807, 2.05) is 0 Å². The minimum absolute atomic E-state index is 0.0148. The minimum atomic E-state index is -4.77. The van der Waals surface area contributed by atoms with Gasteiger partial charge in [-0.2, -0.15) is 22.8 Å². The fourth-order valence-electron chi connectivity index (χ4n) is 3.46. The van der Waals surface area contributed by atoms with E-state index in [9.17, 15) is 28.1 Å². The predicted octanol–water partition coefficient (Wildman–Crippen LogP) is 3.87. The lowest BCUT2D eigenvalue weighted by Gasteiger charge is -2.18. The summed E-state index contributed by atoms with van der Waals surface area (Å²) in [6, 6.07) is 2.96. The summed E-state index contributed by atoms with van der Waals surface area (Å²) in [5.74, 6) is -0.203. The molecule has 0 aliphatic heterocycles. The molecule has 0 spiro atoms. The van der Waals surface area contributed by atoms with Gasteiger partial charge in [-0.25, -0.2) is 19.7 Å². The van der Waals surface area contributed by atoms with Crippen molar-refractivity contribution in [3.8, 4) is 0 Å². The van der Waals surface area contributed by atoms with E-state index in [1.54, 1.807) is 6.92 Å². The molecule has 1 N–H and O–H groups in total. The van der Waals surface area contributed by atoms with Gasteiger partial charge in [0.15, 0.2) is 11.3 Å². The number of benzene rings is 1. The van der Waals surface area contributed by atoms with Crippen molar-refractivity contribution in [1.82, 2.24) is 24.6 Å². The number of hydrogen-bond donors (Lipinski definition) is 1. The van der Waals surface area contributed by atoms with E-state index in [1.165, 1.54) is 30.9 Å². The Balaban J connectivity index is 1.86. The maximum Gasteiger partial charge on any atom is 0.416 e. The molecular formula is C20H16F3N7O4. The number of methoxy groups -OCH3 is 1. The molecule has 0 aliphatic carbocycles. The lowest BCUT2D eigenvalue weighted by Crippen LogP contribution is -2.14. The first-order chi connectivity index (χ1) is 16.0. The fourth-order valence-corrected chi connectivity index (χ4v) is 3.46. The van der Waals surface area contributed by atoms with Crippen molar-refractivity contribution < 1.29 is 27.6 Å². The van der Waals surface area contributed by atoms with Gasteiger partial charge >= 0.3 is 12.1 Å². The highest BCUT2D eigenvalue weighted by atomic mass is 19.4. The molecule has 176 valence electrons. The van der Waals surface area contributed by atoms with Gasteiger partial charge in [0.1, 0.15) is 23.5 Å². The third kappa shape index (κ3) is 4.04. The number of esters is 1. The van der Waals surface area contributed by atoms with Crippen molar-refractivity contribution in [2.45, 2.75) is 26.1 Å². The first-order valence-corrected chi connectivity index (χ1v) is 9.72. The first-order valence-electron chi connectivity index (χ1n) is 9.72. The number of carbonyl (C=O) groups excluding carboxylic acids is 1. The Morgan fingerprint density at radius 1 is 1.21 bits per heavy atom. The summed E-state index contributed by atoms with van der Waals surface area (Å²) in [6.07, 6.45) is -3.54. The van der Waals surface area contributed by atoms with Crippen LogP contribution in [0.5, 0.6) is 0 Å². The average Bonchev–Trinajstić information content (AvgIpc) is 3.27. The average molecular weight is 475 g/mol. The number of nitro groups is 1. The Labute approximate surface area is 188 Å². The summed E-state index contributed by atoms with van der Waals surface area (Å²) in [5.41, 5.74) is -1.26. The number of pyridine rings is 1. The van der Waals surface area contributed by atoms with Crippen LogP contribution in [-0.4, -0.2) is 42.6 Å². The maximum atomic E-state index is 13.3. The van der Waals surface area contributed by atoms with Gasteiger partial charge in [0.05, 0.1) is 29.0 Å². The van der Waals surface area contributed by atoms with Crippen LogP contribution in [0.3, 0.4) is 0 Å². The van der Waals surface area contributed by atoms with Gasteiger partial charge in [0.2, 0.25) is 0 Å². The normalized spacial score (nSPS) is 12.6. The van der Waals surface area contributed by atoms with Crippen molar-refractivity contribution in [2.75, 3.05) is 12.4 Å². The Hall–Kier alpha value is -4.36. The fraction of sp³-hybridized carbons (Fsp3) is 0.250. The molecule has 1 atom stereocenters. The number of ether oxygens (including phenoxy) is 1. The topological polar surface area (TPSA) is 137 Å². The molecule has 0 unspecified atom stereocenters. The van der Waals surface area contributed by atoms with Crippen molar-refractivity contribution in [1.29, 1.82) is 0 Å². The van der Waals surface area contributed by atoms with Crippen LogP contribution in [0.4, 0.5) is 24.7 Å². The molecule has 0 amide bonds. The second-order valence-electron chi connectivity index (χ2n) is 7.34. The van der Waals surface area contributed by atoms with Crippen LogP contribution in [0.1, 0.15) is 40.3 Å². The number of carbonyl (C=O) groups is 1. The number of halogens is 3. The number of nitro benzene ring substituents is 1. The zero-order chi connectivity index (χ0) is 24.8. The molecule has 0 fully saturated rings. The summed E-state index contributed by atoms with van der Waals surface area (Å²) >= 11 is 0. The lowest BCUT2D eigenvalue weighted by atomic mass is 10.0. The van der Waals surface area contributed by atoms with E-state index in [-0.39, 0.29) is 28.2 Å². The molecular weight excluding hydrogens is 459 g/mol. The number of rotatable bonds is 5. The van der Waals surface area contributed by atoms with Crippen LogP contribution in [0.25, 0.3) is 16.7 Å². The molecule has 4 rings (SSSR count). The number of non-ortho nitro benzene ring substituents is 1. The smallest absolute Gasteiger partial charge is 0.416 e. The molecule has 14 heteroatoms. The molecule has 0 radical (unpaired) electrons. The first kappa shape index (κ1) is 22.8. The Morgan fingerprint density at radius 3 is 2.59 bits per heavy atom. The third-order valence-electron chi connectivity index (χ3n) is 5.05. The SMILES string of the molecule is COC(=O)c1cc2c(N[C@H](C)c3cc([N+](=O)[O-])cc(C(F)(F)F)c3)nc(C)nc2n2ncnc12. The van der Waals surface area contributed by atoms with Crippen LogP contribution < -0.4 is 5.32 Å². The highest BCUT2D eigenvalue weighted by Crippen LogP contribution is 2.35. The van der Waals surface area contributed by atoms with E-state index >= 15 is 0 Å². The van der Waals surface area contributed by atoms with Crippen LogP contribution in [0, 0.1) is 17.0 Å². The van der Waals surface area contributed by atoms with Gasteiger partial charge in [-0.05, 0) is 31.5 Å². The number of fused-ring (bicyclic) bond motifs is 3. The van der Waals surface area contributed by atoms with Crippen molar-refractivity contribution in [3.05, 3.63) is 63.2 Å². The summed E-state index contributed by atoms with van der Waals surface area (Å²) in [7, 11) is 1.20. The van der Waals surface area contributed by atoms with Gasteiger partial charge in [0.25, 0.3) is 5.69 Å². The molecule has 3 aromatic heterocycles. The van der Waals surface area contributed by atoms with Gasteiger partial charge in [-0.1, -0.05) is 0 Å². The summed E-state index contributed by atoms with van der Waals surface area (Å²) in [6.45, 7) is 3.12. The van der Waals surface area contributed by atoms with E-state index in [0.717, 1.165) is 12.1 Å². The van der Waals surface area contributed by atoms with Crippen LogP contribution in [0.2, 0.25) is 0 Å². The molecule has 34 heavy (non-hydrogen) atoms. The van der Waals surface area contributed by atoms with Crippen molar-refractivity contribution in [3.63, 3.8) is 0 Å². The molecule has 4 aromatic rings. The largest absolute Gasteiger partial charge is 0.465 e. The van der Waals surface area contributed by atoms with Gasteiger partial charge in [-0.3, -0.25) is 10.1 Å². The third-order valence-corrected chi connectivity index (χ3v) is 5.05. The number of nitrogens with zero attached hydrogens (tertiary/aromatic N) is 6. The van der Waals surface area contributed by atoms with Gasteiger partial charge in [0, 0.05) is 12.1 Å². The van der Waals surface area contributed by atoms with Crippen LogP contribution in [-0.2, 0) is 10.9 Å². The lowest BCUT2D eigenvalue weighted by molar-refractivity contribution is -0.385.